The second-order valence-corrected chi connectivity index (χ2v) is 7.99. The van der Waals surface area contributed by atoms with Gasteiger partial charge in [0, 0.05) is 11.5 Å². The summed E-state index contributed by atoms with van der Waals surface area (Å²) in [5, 5.41) is 11.6. The zero-order valence-electron chi connectivity index (χ0n) is 16.8. The molecule has 0 aliphatic carbocycles. The summed E-state index contributed by atoms with van der Waals surface area (Å²) in [5.41, 5.74) is 7.16. The van der Waals surface area contributed by atoms with Crippen molar-refractivity contribution in [2.24, 2.45) is 0 Å². The Bertz CT molecular complexity index is 880. The normalized spacial score (nSPS) is 17.5. The molecule has 1 aliphatic heterocycles. The lowest BCUT2D eigenvalue weighted by molar-refractivity contribution is -0.383. The van der Waals surface area contributed by atoms with Gasteiger partial charge in [0.05, 0.1) is 23.2 Å². The largest absolute Gasteiger partial charge is 0.497 e. The number of hydrogen-bond acceptors (Lipinski definition) is 6. The summed E-state index contributed by atoms with van der Waals surface area (Å²) in [6.07, 6.45) is 0.512. The molecular weight excluding hydrogens is 359 g/mol. The minimum Gasteiger partial charge on any atom is -0.497 e. The van der Waals surface area contributed by atoms with Gasteiger partial charge in [-0.2, -0.15) is 0 Å². The van der Waals surface area contributed by atoms with Crippen molar-refractivity contribution in [1.29, 1.82) is 0 Å². The van der Waals surface area contributed by atoms with Crippen molar-refractivity contribution in [2.45, 2.75) is 45.3 Å². The van der Waals surface area contributed by atoms with Crippen molar-refractivity contribution < 1.29 is 19.0 Å². The lowest BCUT2D eigenvalue weighted by Gasteiger charge is -2.32. The molecule has 0 saturated carbocycles. The van der Waals surface area contributed by atoms with E-state index in [1.54, 1.807) is 7.11 Å². The van der Waals surface area contributed by atoms with E-state index in [2.05, 4.69) is 0 Å². The SMILES string of the molecule is COc1ccc(Cc2cc(B3OC(C)(C)C(C)(C)O3)c(N)c([N+](=O)[O-])c2)cc1. The number of benzene rings is 2. The number of nitro groups is 1. The van der Waals surface area contributed by atoms with Crippen LogP contribution >= 0.6 is 0 Å². The molecule has 1 heterocycles. The molecule has 8 heteroatoms. The molecule has 1 saturated heterocycles. The van der Waals surface area contributed by atoms with Crippen molar-refractivity contribution >= 4 is 24.0 Å². The monoisotopic (exact) mass is 384 g/mol. The van der Waals surface area contributed by atoms with E-state index in [0.29, 0.717) is 11.9 Å². The van der Waals surface area contributed by atoms with Crippen LogP contribution in [0.2, 0.25) is 0 Å². The van der Waals surface area contributed by atoms with Gasteiger partial charge in [0.25, 0.3) is 5.69 Å². The van der Waals surface area contributed by atoms with Crippen LogP contribution in [0, 0.1) is 10.1 Å². The third-order valence-corrected chi connectivity index (χ3v) is 5.52. The predicted octanol–water partition coefficient (Wildman–Crippen LogP) is 3.08. The number of ether oxygens (including phenoxy) is 1. The zero-order valence-corrected chi connectivity index (χ0v) is 16.8. The fraction of sp³-hybridized carbons (Fsp3) is 0.400. The number of nitrogen functional groups attached to an aromatic ring is 1. The zero-order chi connectivity index (χ0) is 20.7. The summed E-state index contributed by atoms with van der Waals surface area (Å²) in [5.74, 6) is 0.755. The minimum absolute atomic E-state index is 0.0713. The van der Waals surface area contributed by atoms with Crippen LogP contribution in [0.1, 0.15) is 38.8 Å². The van der Waals surface area contributed by atoms with E-state index in [9.17, 15) is 10.1 Å². The fourth-order valence-corrected chi connectivity index (χ4v) is 3.12. The number of hydrogen-bond donors (Lipinski definition) is 1. The van der Waals surface area contributed by atoms with Crippen LogP contribution in [0.25, 0.3) is 0 Å². The number of nitrogens with two attached hydrogens (primary N) is 1. The Morgan fingerprint density at radius 1 is 1.07 bits per heavy atom. The maximum absolute atomic E-state index is 11.6. The standard InChI is InChI=1S/C20H25BN2O5/c1-19(2)20(3,4)28-21(27-19)16-11-14(12-17(18(16)22)23(24)25)10-13-6-8-15(26-5)9-7-13/h6-9,11-12H,10,22H2,1-5H3. The topological polar surface area (TPSA) is 96.8 Å². The van der Waals surface area contributed by atoms with E-state index >= 15 is 0 Å². The molecule has 2 N–H and O–H groups in total. The molecule has 1 fully saturated rings. The van der Waals surface area contributed by atoms with E-state index in [1.807, 2.05) is 58.0 Å². The van der Waals surface area contributed by atoms with Gasteiger partial charge < -0.3 is 19.8 Å². The van der Waals surface area contributed by atoms with Gasteiger partial charge in [0.15, 0.2) is 0 Å². The van der Waals surface area contributed by atoms with Crippen LogP contribution in [-0.4, -0.2) is 30.4 Å². The van der Waals surface area contributed by atoms with E-state index in [-0.39, 0.29) is 11.4 Å². The highest BCUT2D eigenvalue weighted by molar-refractivity contribution is 6.64. The van der Waals surface area contributed by atoms with E-state index < -0.39 is 23.2 Å². The van der Waals surface area contributed by atoms with Crippen LogP contribution in [0.4, 0.5) is 11.4 Å². The van der Waals surface area contributed by atoms with Crippen molar-refractivity contribution in [3.63, 3.8) is 0 Å². The lowest BCUT2D eigenvalue weighted by atomic mass is 9.76. The summed E-state index contributed by atoms with van der Waals surface area (Å²) in [4.78, 5) is 11.1. The summed E-state index contributed by atoms with van der Waals surface area (Å²) in [7, 11) is 0.842. The molecule has 2 aromatic carbocycles. The molecule has 7 nitrogen and oxygen atoms in total. The van der Waals surface area contributed by atoms with Gasteiger partial charge in [-0.25, -0.2) is 0 Å². The number of rotatable bonds is 5. The van der Waals surface area contributed by atoms with Crippen LogP contribution < -0.4 is 15.9 Å². The third-order valence-electron chi connectivity index (χ3n) is 5.52. The fourth-order valence-electron chi connectivity index (χ4n) is 3.12. The van der Waals surface area contributed by atoms with Gasteiger partial charge in [-0.05, 0) is 57.4 Å². The molecule has 0 spiro atoms. The Balaban J connectivity index is 1.99. The maximum atomic E-state index is 11.6. The van der Waals surface area contributed by atoms with Gasteiger partial charge in [0.2, 0.25) is 0 Å². The predicted molar refractivity (Wildman–Crippen MR) is 109 cm³/mol. The molecule has 0 unspecified atom stereocenters. The van der Waals surface area contributed by atoms with Crippen LogP contribution in [0.3, 0.4) is 0 Å². The van der Waals surface area contributed by atoms with Gasteiger partial charge in [-0.15, -0.1) is 0 Å². The number of nitrogens with zero attached hydrogens (tertiary/aromatic N) is 1. The Morgan fingerprint density at radius 3 is 2.14 bits per heavy atom. The highest BCUT2D eigenvalue weighted by Gasteiger charge is 2.52. The second kappa shape index (κ2) is 7.11. The molecule has 28 heavy (non-hydrogen) atoms. The molecule has 0 aromatic heterocycles. The first-order chi connectivity index (χ1) is 13.0. The molecule has 0 radical (unpaired) electrons. The van der Waals surface area contributed by atoms with Crippen molar-refractivity contribution in [2.75, 3.05) is 12.8 Å². The van der Waals surface area contributed by atoms with Crippen LogP contribution in [0.15, 0.2) is 36.4 Å². The Kier molecular flexibility index (Phi) is 5.12. The Morgan fingerprint density at radius 2 is 1.64 bits per heavy atom. The molecule has 2 aromatic rings. The number of anilines is 1. The minimum atomic E-state index is -0.764. The van der Waals surface area contributed by atoms with Crippen molar-refractivity contribution in [1.82, 2.24) is 0 Å². The molecule has 0 atom stereocenters. The first-order valence-corrected chi connectivity index (χ1v) is 9.09. The second-order valence-electron chi connectivity index (χ2n) is 7.99. The highest BCUT2D eigenvalue weighted by atomic mass is 16.7. The molecular formula is C20H25BN2O5. The average molecular weight is 384 g/mol. The summed E-state index contributed by atoms with van der Waals surface area (Å²) in [6, 6.07) is 10.9. The molecule has 148 valence electrons. The summed E-state index contributed by atoms with van der Waals surface area (Å²) < 4.78 is 17.3. The maximum Gasteiger partial charge on any atom is 0.497 e. The van der Waals surface area contributed by atoms with E-state index in [4.69, 9.17) is 19.8 Å². The van der Waals surface area contributed by atoms with Crippen molar-refractivity contribution in [3.05, 3.63) is 57.6 Å². The van der Waals surface area contributed by atoms with Gasteiger partial charge >= 0.3 is 7.12 Å². The molecule has 3 rings (SSSR count). The highest BCUT2D eigenvalue weighted by Crippen LogP contribution is 2.37. The van der Waals surface area contributed by atoms with Gasteiger partial charge in [-0.1, -0.05) is 18.2 Å². The third kappa shape index (κ3) is 3.70. The average Bonchev–Trinajstić information content (AvgIpc) is 2.84. The van der Waals surface area contributed by atoms with Crippen LogP contribution in [0.5, 0.6) is 5.75 Å². The van der Waals surface area contributed by atoms with E-state index in [1.165, 1.54) is 6.07 Å². The molecule has 1 aliphatic rings. The Hall–Kier alpha value is -2.58. The Labute approximate surface area is 165 Å². The summed E-state index contributed by atoms with van der Waals surface area (Å²) in [6.45, 7) is 7.72. The van der Waals surface area contributed by atoms with Crippen molar-refractivity contribution in [3.8, 4) is 5.75 Å². The smallest absolute Gasteiger partial charge is 0.497 e. The number of nitro benzene ring substituents is 1. The summed E-state index contributed by atoms with van der Waals surface area (Å²) >= 11 is 0. The van der Waals surface area contributed by atoms with Crippen LogP contribution in [-0.2, 0) is 15.7 Å². The lowest BCUT2D eigenvalue weighted by Crippen LogP contribution is -2.41. The van der Waals surface area contributed by atoms with E-state index in [0.717, 1.165) is 16.9 Å². The first kappa shape index (κ1) is 20.2. The molecule has 0 bridgehead atoms. The van der Waals surface area contributed by atoms with Gasteiger partial charge in [0.1, 0.15) is 11.4 Å². The van der Waals surface area contributed by atoms with Gasteiger partial charge in [-0.3, -0.25) is 10.1 Å². The molecule has 0 amide bonds. The quantitative estimate of drug-likeness (QED) is 0.368. The first-order valence-electron chi connectivity index (χ1n) is 9.09. The number of methoxy groups -OCH3 is 1.